The van der Waals surface area contributed by atoms with Crippen molar-refractivity contribution >= 4 is 46.4 Å². The van der Waals surface area contributed by atoms with E-state index in [0.717, 1.165) is 10.4 Å². The molecule has 0 saturated carbocycles. The fourth-order valence-corrected chi connectivity index (χ4v) is 3.41. The van der Waals surface area contributed by atoms with Gasteiger partial charge in [0.1, 0.15) is 6.54 Å². The second-order valence-electron chi connectivity index (χ2n) is 5.62. The summed E-state index contributed by atoms with van der Waals surface area (Å²) in [4.78, 5) is 27.9. The van der Waals surface area contributed by atoms with Crippen LogP contribution in [-0.4, -0.2) is 39.5 Å². The summed E-state index contributed by atoms with van der Waals surface area (Å²) in [6.07, 6.45) is 1.54. The first kappa shape index (κ1) is 20.5. The number of rotatable bonds is 9. The third-order valence-electron chi connectivity index (χ3n) is 3.67. The van der Waals surface area contributed by atoms with E-state index in [4.69, 9.17) is 23.2 Å². The van der Waals surface area contributed by atoms with Crippen molar-refractivity contribution in [3.8, 4) is 0 Å². The van der Waals surface area contributed by atoms with Gasteiger partial charge < -0.3 is 9.80 Å². The topological polar surface area (TPSA) is 40.6 Å². The summed E-state index contributed by atoms with van der Waals surface area (Å²) >= 11 is 13.0. The standard InChI is InChI=1S/C19H20Cl2N2O2S/c1-2-10-22(19(25)18(20)21)14-17(24)23(13-16-9-6-11-26-16)12-15-7-4-3-5-8-15/h2-9,11,18H,1,10,12-14H2. The number of benzene rings is 1. The van der Waals surface area contributed by atoms with Gasteiger partial charge in [-0.2, -0.15) is 0 Å². The van der Waals surface area contributed by atoms with Gasteiger partial charge in [-0.3, -0.25) is 9.59 Å². The molecule has 0 spiro atoms. The normalized spacial score (nSPS) is 10.6. The average Bonchev–Trinajstić information content (AvgIpc) is 3.14. The van der Waals surface area contributed by atoms with E-state index in [2.05, 4.69) is 6.58 Å². The Labute approximate surface area is 167 Å². The van der Waals surface area contributed by atoms with Gasteiger partial charge in [0, 0.05) is 18.0 Å². The van der Waals surface area contributed by atoms with E-state index in [1.54, 1.807) is 22.3 Å². The summed E-state index contributed by atoms with van der Waals surface area (Å²) in [7, 11) is 0. The van der Waals surface area contributed by atoms with Crippen molar-refractivity contribution < 1.29 is 9.59 Å². The number of carbonyl (C=O) groups excluding carboxylic acids is 2. The van der Waals surface area contributed by atoms with Crippen LogP contribution in [0.5, 0.6) is 0 Å². The molecule has 0 aliphatic heterocycles. The van der Waals surface area contributed by atoms with Crippen molar-refractivity contribution in [2.45, 2.75) is 17.9 Å². The second-order valence-corrected chi connectivity index (χ2v) is 7.75. The predicted octanol–water partition coefficient (Wildman–Crippen LogP) is 4.10. The molecule has 7 heteroatoms. The minimum absolute atomic E-state index is 0.0982. The Morgan fingerprint density at radius 2 is 1.81 bits per heavy atom. The van der Waals surface area contributed by atoms with E-state index in [1.807, 2.05) is 47.8 Å². The van der Waals surface area contributed by atoms with Crippen molar-refractivity contribution in [2.24, 2.45) is 0 Å². The number of hydrogen-bond acceptors (Lipinski definition) is 3. The number of alkyl halides is 2. The number of amides is 2. The Hall–Kier alpha value is -1.82. The first-order chi connectivity index (χ1) is 12.5. The van der Waals surface area contributed by atoms with Gasteiger partial charge in [-0.15, -0.1) is 17.9 Å². The highest BCUT2D eigenvalue weighted by atomic mass is 35.5. The Morgan fingerprint density at radius 1 is 1.08 bits per heavy atom. The van der Waals surface area contributed by atoms with Gasteiger partial charge in [0.05, 0.1) is 6.54 Å². The fourth-order valence-electron chi connectivity index (χ4n) is 2.42. The summed E-state index contributed by atoms with van der Waals surface area (Å²) in [6.45, 7) is 4.66. The zero-order valence-corrected chi connectivity index (χ0v) is 16.5. The molecule has 0 bridgehead atoms. The van der Waals surface area contributed by atoms with E-state index in [-0.39, 0.29) is 19.0 Å². The molecule has 0 N–H and O–H groups in total. The fraction of sp³-hybridized carbons (Fsp3) is 0.263. The van der Waals surface area contributed by atoms with Crippen LogP contribution in [0.1, 0.15) is 10.4 Å². The lowest BCUT2D eigenvalue weighted by Crippen LogP contribution is -2.44. The summed E-state index contributed by atoms with van der Waals surface area (Å²) in [5.74, 6) is -0.677. The van der Waals surface area contributed by atoms with Crippen LogP contribution < -0.4 is 0 Å². The highest BCUT2D eigenvalue weighted by molar-refractivity contribution is 7.09. The number of carbonyl (C=O) groups is 2. The number of hydrogen-bond donors (Lipinski definition) is 0. The number of halogens is 2. The second kappa shape index (κ2) is 10.4. The summed E-state index contributed by atoms with van der Waals surface area (Å²) in [5.41, 5.74) is 1.02. The van der Waals surface area contributed by atoms with Crippen molar-refractivity contribution in [1.29, 1.82) is 0 Å². The molecule has 138 valence electrons. The van der Waals surface area contributed by atoms with E-state index in [9.17, 15) is 9.59 Å². The zero-order chi connectivity index (χ0) is 18.9. The third-order valence-corrected chi connectivity index (χ3v) is 4.90. The van der Waals surface area contributed by atoms with Gasteiger partial charge in [-0.1, -0.05) is 65.7 Å². The van der Waals surface area contributed by atoms with Crippen LogP contribution in [0.15, 0.2) is 60.5 Å². The molecule has 1 aromatic carbocycles. The quantitative estimate of drug-likeness (QED) is 0.461. The van der Waals surface area contributed by atoms with Crippen LogP contribution in [0.2, 0.25) is 0 Å². The Morgan fingerprint density at radius 3 is 2.38 bits per heavy atom. The van der Waals surface area contributed by atoms with Crippen molar-refractivity contribution in [3.05, 3.63) is 70.9 Å². The highest BCUT2D eigenvalue weighted by Gasteiger charge is 2.24. The maximum absolute atomic E-state index is 12.9. The van der Waals surface area contributed by atoms with Gasteiger partial charge in [-0.05, 0) is 17.0 Å². The maximum atomic E-state index is 12.9. The number of nitrogens with zero attached hydrogens (tertiary/aromatic N) is 2. The summed E-state index contributed by atoms with van der Waals surface area (Å²) in [5, 5.41) is 1.97. The SMILES string of the molecule is C=CCN(CC(=O)N(Cc1ccccc1)Cc1cccs1)C(=O)C(Cl)Cl. The lowest BCUT2D eigenvalue weighted by Gasteiger charge is -2.27. The van der Waals surface area contributed by atoms with E-state index >= 15 is 0 Å². The van der Waals surface area contributed by atoms with Gasteiger partial charge in [-0.25, -0.2) is 0 Å². The molecule has 1 heterocycles. The number of thiophene rings is 1. The van der Waals surface area contributed by atoms with E-state index < -0.39 is 10.7 Å². The molecule has 0 radical (unpaired) electrons. The Bertz CT molecular complexity index is 720. The molecule has 0 saturated heterocycles. The first-order valence-corrected chi connectivity index (χ1v) is 9.78. The summed E-state index contributed by atoms with van der Waals surface area (Å²) < 4.78 is 0. The molecule has 2 rings (SSSR count). The minimum Gasteiger partial charge on any atom is -0.332 e. The van der Waals surface area contributed by atoms with Crippen molar-refractivity contribution in [2.75, 3.05) is 13.1 Å². The molecular weight excluding hydrogens is 391 g/mol. The van der Waals surface area contributed by atoms with Crippen LogP contribution in [0.3, 0.4) is 0 Å². The molecule has 26 heavy (non-hydrogen) atoms. The van der Waals surface area contributed by atoms with Crippen molar-refractivity contribution in [1.82, 2.24) is 9.80 Å². The summed E-state index contributed by atoms with van der Waals surface area (Å²) in [6, 6.07) is 13.7. The maximum Gasteiger partial charge on any atom is 0.256 e. The monoisotopic (exact) mass is 410 g/mol. The first-order valence-electron chi connectivity index (χ1n) is 8.03. The van der Waals surface area contributed by atoms with E-state index in [1.165, 1.54) is 4.90 Å². The van der Waals surface area contributed by atoms with Crippen LogP contribution >= 0.6 is 34.5 Å². The smallest absolute Gasteiger partial charge is 0.256 e. The predicted molar refractivity (Wildman–Crippen MR) is 107 cm³/mol. The largest absolute Gasteiger partial charge is 0.332 e. The van der Waals surface area contributed by atoms with Gasteiger partial charge in [0.2, 0.25) is 5.91 Å². The Balaban J connectivity index is 2.15. The molecule has 0 atom stereocenters. The molecule has 2 amide bonds. The third kappa shape index (κ3) is 6.16. The minimum atomic E-state index is -1.21. The molecule has 2 aromatic rings. The van der Waals surface area contributed by atoms with Crippen LogP contribution in [0.25, 0.3) is 0 Å². The molecule has 1 aromatic heterocycles. The van der Waals surface area contributed by atoms with Crippen molar-refractivity contribution in [3.63, 3.8) is 0 Å². The van der Waals surface area contributed by atoms with Crippen LogP contribution in [0, 0.1) is 0 Å². The molecule has 0 aliphatic carbocycles. The molecule has 4 nitrogen and oxygen atoms in total. The molecule has 0 unspecified atom stereocenters. The average molecular weight is 411 g/mol. The lowest BCUT2D eigenvalue weighted by molar-refractivity contribution is -0.140. The Kier molecular flexibility index (Phi) is 8.16. The highest BCUT2D eigenvalue weighted by Crippen LogP contribution is 2.16. The van der Waals surface area contributed by atoms with Gasteiger partial charge in [0.25, 0.3) is 5.91 Å². The van der Waals surface area contributed by atoms with Crippen LogP contribution in [0.4, 0.5) is 0 Å². The molecule has 0 aliphatic rings. The van der Waals surface area contributed by atoms with Gasteiger partial charge >= 0.3 is 0 Å². The molecule has 0 fully saturated rings. The van der Waals surface area contributed by atoms with Gasteiger partial charge in [0.15, 0.2) is 4.84 Å². The zero-order valence-electron chi connectivity index (χ0n) is 14.2. The van der Waals surface area contributed by atoms with E-state index in [0.29, 0.717) is 13.1 Å². The van der Waals surface area contributed by atoms with Crippen LogP contribution in [-0.2, 0) is 22.7 Å². The lowest BCUT2D eigenvalue weighted by atomic mass is 10.2. The molecular formula is C19H20Cl2N2O2S.